The molecule has 1 aromatic heterocycles. The number of ether oxygens (including phenoxy) is 1. The predicted octanol–water partition coefficient (Wildman–Crippen LogP) is 3.19. The molecule has 1 atom stereocenters. The van der Waals surface area contributed by atoms with Gasteiger partial charge in [-0.25, -0.2) is 4.98 Å². The maximum atomic E-state index is 12.9. The molecule has 2 heterocycles. The normalized spacial score (nSPS) is 25.4. The van der Waals surface area contributed by atoms with E-state index in [1.165, 1.54) is 38.5 Å². The molecule has 0 saturated heterocycles. The molecule has 4 aliphatic rings. The van der Waals surface area contributed by atoms with Crippen LogP contribution in [0.4, 0.5) is 0 Å². The number of nitrogens with zero attached hydrogens (tertiary/aromatic N) is 2. The number of rotatable bonds is 5. The molecule has 2 amide bonds. The highest BCUT2D eigenvalue weighted by Gasteiger charge is 2.58. The summed E-state index contributed by atoms with van der Waals surface area (Å²) < 4.78 is 5.48. The Bertz CT molecular complexity index is 809. The highest BCUT2D eigenvalue weighted by atomic mass is 16.5. The van der Waals surface area contributed by atoms with Crippen LogP contribution in [-0.2, 0) is 17.9 Å². The Morgan fingerprint density at radius 3 is 2.75 bits per heavy atom. The summed E-state index contributed by atoms with van der Waals surface area (Å²) in [4.78, 5) is 32.1. The summed E-state index contributed by atoms with van der Waals surface area (Å²) in [5, 5.41) is 3.08. The molecule has 3 aliphatic carbocycles. The molecule has 28 heavy (non-hydrogen) atoms. The lowest BCUT2D eigenvalue weighted by molar-refractivity contribution is -0.123. The predicted molar refractivity (Wildman–Crippen MR) is 104 cm³/mol. The van der Waals surface area contributed by atoms with Crippen LogP contribution in [0.25, 0.3) is 0 Å². The highest BCUT2D eigenvalue weighted by molar-refractivity contribution is 5.98. The van der Waals surface area contributed by atoms with Gasteiger partial charge in [0.05, 0.1) is 24.9 Å². The summed E-state index contributed by atoms with van der Waals surface area (Å²) in [5.74, 6) is 0.912. The van der Waals surface area contributed by atoms with Crippen LogP contribution in [0.15, 0.2) is 6.07 Å². The first kappa shape index (κ1) is 18.0. The molecule has 6 heteroatoms. The Balaban J connectivity index is 1.29. The summed E-state index contributed by atoms with van der Waals surface area (Å²) in [6.45, 7) is 0.942. The van der Waals surface area contributed by atoms with Crippen LogP contribution >= 0.6 is 0 Å². The van der Waals surface area contributed by atoms with Gasteiger partial charge in [-0.2, -0.15) is 0 Å². The van der Waals surface area contributed by atoms with E-state index in [0.29, 0.717) is 36.0 Å². The Kier molecular flexibility index (Phi) is 4.33. The lowest BCUT2D eigenvalue weighted by atomic mass is 10.0. The molecule has 0 radical (unpaired) electrons. The molecular weight excluding hydrogens is 354 g/mol. The molecule has 1 N–H and O–H groups in total. The molecular formula is C22H29N3O3. The van der Waals surface area contributed by atoms with Gasteiger partial charge in [-0.3, -0.25) is 9.59 Å². The smallest absolute Gasteiger partial charge is 0.256 e. The minimum Gasteiger partial charge on any atom is -0.481 e. The van der Waals surface area contributed by atoms with Crippen molar-refractivity contribution in [2.24, 2.45) is 11.3 Å². The van der Waals surface area contributed by atoms with E-state index in [2.05, 4.69) is 10.3 Å². The van der Waals surface area contributed by atoms with Crippen molar-refractivity contribution in [3.63, 3.8) is 0 Å². The van der Waals surface area contributed by atoms with Crippen LogP contribution in [-0.4, -0.2) is 34.8 Å². The average Bonchev–Trinajstić information content (AvgIpc) is 3.11. The molecule has 1 spiro atoms. The maximum absolute atomic E-state index is 12.9. The monoisotopic (exact) mass is 383 g/mol. The molecule has 0 aromatic carbocycles. The van der Waals surface area contributed by atoms with Gasteiger partial charge in [0.1, 0.15) is 0 Å². The van der Waals surface area contributed by atoms with Crippen molar-refractivity contribution in [3.8, 4) is 5.88 Å². The van der Waals surface area contributed by atoms with Crippen molar-refractivity contribution in [1.82, 2.24) is 15.2 Å². The maximum Gasteiger partial charge on any atom is 0.256 e. The molecule has 3 saturated carbocycles. The summed E-state index contributed by atoms with van der Waals surface area (Å²) >= 11 is 0. The van der Waals surface area contributed by atoms with Crippen molar-refractivity contribution in [1.29, 1.82) is 0 Å². The number of pyridine rings is 1. The van der Waals surface area contributed by atoms with E-state index in [9.17, 15) is 9.59 Å². The quantitative estimate of drug-likeness (QED) is 0.848. The van der Waals surface area contributed by atoms with Gasteiger partial charge >= 0.3 is 0 Å². The van der Waals surface area contributed by atoms with Gasteiger partial charge in [-0.05, 0) is 43.6 Å². The molecule has 5 rings (SSSR count). The van der Waals surface area contributed by atoms with E-state index < -0.39 is 0 Å². The van der Waals surface area contributed by atoms with Crippen LogP contribution in [0.3, 0.4) is 0 Å². The van der Waals surface area contributed by atoms with Crippen LogP contribution in [0.1, 0.15) is 79.4 Å². The van der Waals surface area contributed by atoms with Crippen molar-refractivity contribution in [3.05, 3.63) is 22.9 Å². The lowest BCUT2D eigenvalue weighted by Gasteiger charge is -2.22. The molecule has 150 valence electrons. The Morgan fingerprint density at radius 2 is 2.04 bits per heavy atom. The summed E-state index contributed by atoms with van der Waals surface area (Å²) in [7, 11) is 1.60. The van der Waals surface area contributed by atoms with Gasteiger partial charge in [0.2, 0.25) is 11.8 Å². The average molecular weight is 383 g/mol. The Labute approximate surface area is 166 Å². The summed E-state index contributed by atoms with van der Waals surface area (Å²) in [6, 6.07) is 2.23. The molecule has 1 aliphatic heterocycles. The fraction of sp³-hybridized carbons (Fsp3) is 0.682. The first-order valence-corrected chi connectivity index (χ1v) is 10.8. The van der Waals surface area contributed by atoms with Crippen LogP contribution in [0, 0.1) is 11.3 Å². The standard InChI is InChI=1S/C22H29N3O3/c1-28-20-14(12-23-19(26)17-11-22(17)8-4-5-9-22)10-16-18(24-20)13-25(21(16)27)15-6-2-3-7-15/h10,15,17H,2-9,11-13H2,1H3,(H,23,26)/t17-/m1/s1. The van der Waals surface area contributed by atoms with Crippen LogP contribution < -0.4 is 10.1 Å². The highest BCUT2D eigenvalue weighted by Crippen LogP contribution is 2.62. The number of amides is 2. The zero-order valence-electron chi connectivity index (χ0n) is 16.6. The van der Waals surface area contributed by atoms with E-state index in [4.69, 9.17) is 4.74 Å². The molecule has 1 aromatic rings. The third kappa shape index (κ3) is 2.88. The Morgan fingerprint density at radius 1 is 1.29 bits per heavy atom. The Hall–Kier alpha value is -2.11. The van der Waals surface area contributed by atoms with Gasteiger partial charge in [0.25, 0.3) is 5.91 Å². The summed E-state index contributed by atoms with van der Waals surface area (Å²) in [5.41, 5.74) is 2.56. The van der Waals surface area contributed by atoms with Crippen LogP contribution in [0.2, 0.25) is 0 Å². The van der Waals surface area contributed by atoms with E-state index in [1.807, 2.05) is 11.0 Å². The fourth-order valence-electron chi connectivity index (χ4n) is 5.74. The fourth-order valence-corrected chi connectivity index (χ4v) is 5.74. The van der Waals surface area contributed by atoms with Gasteiger partial charge in [0, 0.05) is 24.1 Å². The number of carbonyl (C=O) groups excluding carboxylic acids is 2. The number of nitrogens with one attached hydrogen (secondary N) is 1. The second-order valence-corrected chi connectivity index (χ2v) is 9.07. The number of methoxy groups -OCH3 is 1. The minimum atomic E-state index is 0.0803. The first-order chi connectivity index (χ1) is 13.6. The van der Waals surface area contributed by atoms with Gasteiger partial charge in [-0.1, -0.05) is 25.7 Å². The minimum absolute atomic E-state index is 0.0803. The van der Waals surface area contributed by atoms with Crippen molar-refractivity contribution in [2.75, 3.05) is 7.11 Å². The van der Waals surface area contributed by atoms with Gasteiger partial charge in [-0.15, -0.1) is 0 Å². The van der Waals surface area contributed by atoms with E-state index in [0.717, 1.165) is 30.5 Å². The first-order valence-electron chi connectivity index (χ1n) is 10.8. The van der Waals surface area contributed by atoms with Crippen LogP contribution in [0.5, 0.6) is 5.88 Å². The van der Waals surface area contributed by atoms with Gasteiger partial charge in [0.15, 0.2) is 0 Å². The SMILES string of the molecule is COc1nc2c(cc1CNC(=O)[C@H]1CC13CCCC3)C(=O)N(C1CCCC1)C2. The third-order valence-corrected chi connectivity index (χ3v) is 7.47. The number of aromatic nitrogens is 1. The molecule has 6 nitrogen and oxygen atoms in total. The number of carbonyl (C=O) groups is 2. The third-order valence-electron chi connectivity index (χ3n) is 7.47. The second kappa shape index (κ2) is 6.75. The number of fused-ring (bicyclic) bond motifs is 1. The number of hydrogen-bond acceptors (Lipinski definition) is 4. The number of hydrogen-bond donors (Lipinski definition) is 1. The molecule has 3 fully saturated rings. The van der Waals surface area contributed by atoms with E-state index in [1.54, 1.807) is 7.11 Å². The largest absolute Gasteiger partial charge is 0.481 e. The molecule has 0 unspecified atom stereocenters. The van der Waals surface area contributed by atoms with Gasteiger partial charge < -0.3 is 15.0 Å². The molecule has 0 bridgehead atoms. The van der Waals surface area contributed by atoms with E-state index in [-0.39, 0.29) is 17.7 Å². The van der Waals surface area contributed by atoms with E-state index >= 15 is 0 Å². The zero-order chi connectivity index (χ0) is 19.3. The van der Waals surface area contributed by atoms with Crippen molar-refractivity contribution in [2.45, 2.75) is 76.9 Å². The zero-order valence-corrected chi connectivity index (χ0v) is 16.6. The second-order valence-electron chi connectivity index (χ2n) is 9.07. The lowest BCUT2D eigenvalue weighted by Crippen LogP contribution is -2.33. The van der Waals surface area contributed by atoms with Crippen molar-refractivity contribution >= 4 is 11.8 Å². The topological polar surface area (TPSA) is 71.5 Å². The summed E-state index contributed by atoms with van der Waals surface area (Å²) in [6.07, 6.45) is 10.5. The van der Waals surface area contributed by atoms with Crippen molar-refractivity contribution < 1.29 is 14.3 Å².